The molecular formula is C6H8N2S2. The first kappa shape index (κ1) is 7.75. The Balaban J connectivity index is 2.85. The molecule has 1 aromatic rings. The average Bonchev–Trinajstić information content (AvgIpc) is 2.34. The van der Waals surface area contributed by atoms with E-state index in [2.05, 4.69) is 4.98 Å². The predicted molar refractivity (Wildman–Crippen MR) is 47.2 cm³/mol. The van der Waals surface area contributed by atoms with Gasteiger partial charge >= 0.3 is 0 Å². The van der Waals surface area contributed by atoms with E-state index in [0.29, 0.717) is 5.04 Å². The normalized spacial score (nSPS) is 9.80. The maximum Gasteiger partial charge on any atom is 0.114 e. The van der Waals surface area contributed by atoms with Crippen molar-refractivity contribution in [3.63, 3.8) is 0 Å². The molecule has 0 atom stereocenters. The molecule has 0 spiro atoms. The first-order valence-electron chi connectivity index (χ1n) is 2.79. The van der Waals surface area contributed by atoms with Crippen LogP contribution in [0.3, 0.4) is 0 Å². The summed E-state index contributed by atoms with van der Waals surface area (Å²) in [6.07, 6.45) is 1.89. The second-order valence-electron chi connectivity index (χ2n) is 1.79. The van der Waals surface area contributed by atoms with Crippen molar-refractivity contribution in [1.82, 2.24) is 4.98 Å². The summed E-state index contributed by atoms with van der Waals surface area (Å²) in [7, 11) is 0. The molecule has 10 heavy (non-hydrogen) atoms. The van der Waals surface area contributed by atoms with E-state index in [9.17, 15) is 0 Å². The molecule has 0 fully saturated rings. The van der Waals surface area contributed by atoms with Crippen LogP contribution in [0.4, 0.5) is 0 Å². The molecule has 0 amide bonds. The lowest BCUT2D eigenvalue weighted by Gasteiger charge is -1.90. The van der Waals surface area contributed by atoms with Crippen LogP contribution in [0.2, 0.25) is 0 Å². The van der Waals surface area contributed by atoms with Gasteiger partial charge in [-0.2, -0.15) is 0 Å². The molecule has 1 rings (SSSR count). The summed E-state index contributed by atoms with van der Waals surface area (Å²) in [5, 5.41) is 10.9. The van der Waals surface area contributed by atoms with Crippen LogP contribution >= 0.6 is 23.1 Å². The molecule has 0 radical (unpaired) electrons. The van der Waals surface area contributed by atoms with Gasteiger partial charge < -0.3 is 0 Å². The van der Waals surface area contributed by atoms with Crippen molar-refractivity contribution < 1.29 is 0 Å². The molecule has 0 aliphatic rings. The van der Waals surface area contributed by atoms with Crippen LogP contribution in [0.5, 0.6) is 0 Å². The topological polar surface area (TPSA) is 36.7 Å². The fraction of sp³-hybridized carbons (Fsp3) is 0.333. The zero-order chi connectivity index (χ0) is 7.56. The zero-order valence-electron chi connectivity index (χ0n) is 5.84. The first-order valence-corrected chi connectivity index (χ1v) is 4.89. The number of nitrogens with zero attached hydrogens (tertiary/aromatic N) is 1. The summed E-state index contributed by atoms with van der Waals surface area (Å²) in [6.45, 7) is 1.95. The Kier molecular flexibility index (Phi) is 2.45. The number of hydrogen-bond acceptors (Lipinski definition) is 4. The summed E-state index contributed by atoms with van der Waals surface area (Å²) < 4.78 is 0. The van der Waals surface area contributed by atoms with E-state index in [1.807, 2.05) is 18.6 Å². The van der Waals surface area contributed by atoms with Crippen LogP contribution in [-0.4, -0.2) is 16.3 Å². The van der Waals surface area contributed by atoms with Gasteiger partial charge in [-0.05, 0) is 13.2 Å². The van der Waals surface area contributed by atoms with Gasteiger partial charge in [-0.25, -0.2) is 4.98 Å². The van der Waals surface area contributed by atoms with Crippen LogP contribution in [0.25, 0.3) is 0 Å². The molecule has 0 saturated heterocycles. The van der Waals surface area contributed by atoms with Crippen molar-refractivity contribution in [2.75, 3.05) is 6.26 Å². The summed E-state index contributed by atoms with van der Waals surface area (Å²) in [5.74, 6) is 0. The Morgan fingerprint density at radius 2 is 2.50 bits per heavy atom. The van der Waals surface area contributed by atoms with Gasteiger partial charge in [0.2, 0.25) is 0 Å². The highest BCUT2D eigenvalue weighted by Gasteiger charge is 2.01. The molecule has 54 valence electrons. The summed E-state index contributed by atoms with van der Waals surface area (Å²) in [5.41, 5.74) is 0.801. The number of rotatable bonds is 1. The van der Waals surface area contributed by atoms with Gasteiger partial charge in [0.05, 0.1) is 5.01 Å². The standard InChI is InChI=1S/C6H8N2S2/c1-4-8-5(3-10-4)6(7)9-2/h3,7H,1-2H3. The number of thioether (sulfide) groups is 1. The third-order valence-corrected chi connectivity index (χ3v) is 2.45. The van der Waals surface area contributed by atoms with E-state index in [1.165, 1.54) is 11.8 Å². The van der Waals surface area contributed by atoms with E-state index >= 15 is 0 Å². The molecule has 0 unspecified atom stereocenters. The largest absolute Gasteiger partial charge is 0.292 e. The number of aromatic nitrogens is 1. The lowest BCUT2D eigenvalue weighted by atomic mass is 10.5. The molecule has 1 aromatic heterocycles. The highest BCUT2D eigenvalue weighted by atomic mass is 32.2. The molecule has 0 aliphatic heterocycles. The smallest absolute Gasteiger partial charge is 0.114 e. The third-order valence-electron chi connectivity index (χ3n) is 1.06. The van der Waals surface area contributed by atoms with Gasteiger partial charge in [0, 0.05) is 5.38 Å². The highest BCUT2D eigenvalue weighted by Crippen LogP contribution is 2.12. The zero-order valence-corrected chi connectivity index (χ0v) is 7.47. The lowest BCUT2D eigenvalue weighted by molar-refractivity contribution is 1.27. The molecular weight excluding hydrogens is 164 g/mol. The average molecular weight is 172 g/mol. The van der Waals surface area contributed by atoms with Gasteiger partial charge in [0.15, 0.2) is 0 Å². The van der Waals surface area contributed by atoms with Crippen LogP contribution in [0.15, 0.2) is 5.38 Å². The van der Waals surface area contributed by atoms with Crippen LogP contribution in [0, 0.1) is 12.3 Å². The second-order valence-corrected chi connectivity index (χ2v) is 3.66. The fourth-order valence-corrected chi connectivity index (χ4v) is 1.56. The maximum atomic E-state index is 7.40. The van der Waals surface area contributed by atoms with Crippen LogP contribution in [0.1, 0.15) is 10.7 Å². The Morgan fingerprint density at radius 3 is 2.90 bits per heavy atom. The van der Waals surface area contributed by atoms with Crippen molar-refractivity contribution in [3.05, 3.63) is 16.1 Å². The summed E-state index contributed by atoms with van der Waals surface area (Å²) in [6, 6.07) is 0. The van der Waals surface area contributed by atoms with Gasteiger partial charge in [-0.3, -0.25) is 5.41 Å². The third kappa shape index (κ3) is 1.58. The molecule has 1 N–H and O–H groups in total. The predicted octanol–water partition coefficient (Wildman–Crippen LogP) is 2.14. The van der Waals surface area contributed by atoms with Gasteiger partial charge in [-0.1, -0.05) is 0 Å². The van der Waals surface area contributed by atoms with Crippen molar-refractivity contribution >= 4 is 28.1 Å². The Bertz CT molecular complexity index is 242. The first-order chi connectivity index (χ1) is 4.74. The molecule has 1 heterocycles. The Hall–Kier alpha value is -0.350. The van der Waals surface area contributed by atoms with Gasteiger partial charge in [0.1, 0.15) is 10.7 Å². The number of hydrogen-bond donors (Lipinski definition) is 1. The SMILES string of the molecule is CSC(=N)c1csc(C)n1. The Labute approximate surface area is 68.2 Å². The molecule has 0 bridgehead atoms. The summed E-state index contributed by atoms with van der Waals surface area (Å²) >= 11 is 3.00. The van der Waals surface area contributed by atoms with Crippen molar-refractivity contribution in [2.45, 2.75) is 6.92 Å². The van der Waals surface area contributed by atoms with Crippen LogP contribution in [-0.2, 0) is 0 Å². The Morgan fingerprint density at radius 1 is 1.80 bits per heavy atom. The quantitative estimate of drug-likeness (QED) is 0.520. The minimum absolute atomic E-state index is 0.546. The highest BCUT2D eigenvalue weighted by molar-refractivity contribution is 8.13. The lowest BCUT2D eigenvalue weighted by Crippen LogP contribution is -1.91. The molecule has 0 aromatic carbocycles. The number of thiazole rings is 1. The molecule has 2 nitrogen and oxygen atoms in total. The fourth-order valence-electron chi connectivity index (χ4n) is 0.572. The minimum atomic E-state index is 0.546. The van der Waals surface area contributed by atoms with Crippen molar-refractivity contribution in [1.29, 1.82) is 5.41 Å². The van der Waals surface area contributed by atoms with Gasteiger partial charge in [0.25, 0.3) is 0 Å². The van der Waals surface area contributed by atoms with E-state index in [0.717, 1.165) is 10.7 Å². The monoisotopic (exact) mass is 172 g/mol. The van der Waals surface area contributed by atoms with Crippen molar-refractivity contribution in [3.8, 4) is 0 Å². The molecule has 0 aliphatic carbocycles. The number of nitrogens with one attached hydrogen (secondary N) is 1. The maximum absolute atomic E-state index is 7.40. The van der Waals surface area contributed by atoms with E-state index in [-0.39, 0.29) is 0 Å². The summed E-state index contributed by atoms with van der Waals surface area (Å²) in [4.78, 5) is 4.15. The molecule has 0 saturated carbocycles. The van der Waals surface area contributed by atoms with Crippen LogP contribution < -0.4 is 0 Å². The minimum Gasteiger partial charge on any atom is -0.292 e. The van der Waals surface area contributed by atoms with Gasteiger partial charge in [-0.15, -0.1) is 23.1 Å². The number of aryl methyl sites for hydroxylation is 1. The van der Waals surface area contributed by atoms with E-state index in [1.54, 1.807) is 11.3 Å². The second kappa shape index (κ2) is 3.16. The van der Waals surface area contributed by atoms with E-state index in [4.69, 9.17) is 5.41 Å². The molecule has 4 heteroatoms. The van der Waals surface area contributed by atoms with Crippen molar-refractivity contribution in [2.24, 2.45) is 0 Å². The van der Waals surface area contributed by atoms with E-state index < -0.39 is 0 Å².